The van der Waals surface area contributed by atoms with Gasteiger partial charge in [-0.3, -0.25) is 19.2 Å². The van der Waals surface area contributed by atoms with Crippen molar-refractivity contribution in [2.75, 3.05) is 13.7 Å². The minimum absolute atomic E-state index is 0.414. The van der Waals surface area contributed by atoms with Crippen LogP contribution in [0.25, 0.3) is 0 Å². The molecule has 0 saturated carbocycles. The Morgan fingerprint density at radius 2 is 1.67 bits per heavy atom. The van der Waals surface area contributed by atoms with Crippen LogP contribution < -0.4 is 5.32 Å². The Kier molecular flexibility index (Phi) is 9.24. The molecule has 1 aliphatic heterocycles. The van der Waals surface area contributed by atoms with Crippen molar-refractivity contribution in [3.05, 3.63) is 11.8 Å². The van der Waals surface area contributed by atoms with Crippen LogP contribution in [-0.4, -0.2) is 79.1 Å². The summed E-state index contributed by atoms with van der Waals surface area (Å²) in [4.78, 5) is 58.1. The van der Waals surface area contributed by atoms with Crippen molar-refractivity contribution in [2.45, 2.75) is 58.2 Å². The Balaban J connectivity index is 3.41. The second kappa shape index (κ2) is 11.1. The Labute approximate surface area is 172 Å². The third kappa shape index (κ3) is 7.35. The van der Waals surface area contributed by atoms with Crippen molar-refractivity contribution in [3.63, 3.8) is 0 Å². The zero-order valence-corrected chi connectivity index (χ0v) is 17.2. The summed E-state index contributed by atoms with van der Waals surface area (Å²) in [6, 6.07) is -1.21. The lowest BCUT2D eigenvalue weighted by molar-refractivity contribution is -0.190. The molecule has 0 aromatic rings. The van der Waals surface area contributed by atoms with Gasteiger partial charge < -0.3 is 34.1 Å². The molecule has 12 heteroatoms. The molecule has 0 radical (unpaired) electrons. The van der Waals surface area contributed by atoms with E-state index in [0.29, 0.717) is 0 Å². The van der Waals surface area contributed by atoms with Gasteiger partial charge in [-0.25, -0.2) is 4.79 Å². The molecular formula is C18H25NO11. The number of aliphatic hydroxyl groups excluding tert-OH is 1. The Morgan fingerprint density at radius 1 is 1.07 bits per heavy atom. The molecule has 168 valence electrons. The van der Waals surface area contributed by atoms with Crippen molar-refractivity contribution < 1.29 is 52.8 Å². The smallest absolute Gasteiger partial charge is 0.373 e. The van der Waals surface area contributed by atoms with E-state index in [1.165, 1.54) is 6.92 Å². The second-order valence-electron chi connectivity index (χ2n) is 6.35. The van der Waals surface area contributed by atoms with Gasteiger partial charge in [0.05, 0.1) is 13.2 Å². The van der Waals surface area contributed by atoms with Crippen molar-refractivity contribution >= 4 is 29.8 Å². The zero-order valence-electron chi connectivity index (χ0n) is 17.2. The maximum absolute atomic E-state index is 11.9. The summed E-state index contributed by atoms with van der Waals surface area (Å²) in [5.41, 5.74) is 0. The van der Waals surface area contributed by atoms with Gasteiger partial charge in [-0.1, -0.05) is 0 Å². The van der Waals surface area contributed by atoms with Crippen LogP contribution in [0.1, 0.15) is 27.7 Å². The van der Waals surface area contributed by atoms with E-state index in [4.69, 9.17) is 18.9 Å². The van der Waals surface area contributed by atoms with Gasteiger partial charge in [-0.05, 0) is 6.08 Å². The fraction of sp³-hybridized carbons (Fsp3) is 0.611. The number of hydrogen-bond donors (Lipinski definition) is 2. The minimum Gasteiger partial charge on any atom is -0.477 e. The second-order valence-corrected chi connectivity index (χ2v) is 6.35. The number of carbonyl (C=O) groups is 5. The minimum atomic E-state index is -1.48. The van der Waals surface area contributed by atoms with E-state index in [9.17, 15) is 29.1 Å². The number of aliphatic hydroxyl groups is 1. The average molecular weight is 431 g/mol. The molecule has 30 heavy (non-hydrogen) atoms. The molecule has 1 amide bonds. The van der Waals surface area contributed by atoms with Crippen LogP contribution in [0.3, 0.4) is 0 Å². The summed E-state index contributed by atoms with van der Waals surface area (Å²) < 4.78 is 25.4. The Bertz CT molecular complexity index is 717. The van der Waals surface area contributed by atoms with E-state index in [1.807, 2.05) is 0 Å². The van der Waals surface area contributed by atoms with Gasteiger partial charge in [0.2, 0.25) is 11.7 Å². The molecule has 1 rings (SSSR count). The standard InChI is InChI=1S/C18H25NO11/c1-8(20)19-15-12(24)6-13(18(25)26-5)30-17(15)16(29-11(4)23)14(28-10(3)22)7-27-9(2)21/h6,12,14-17,24H,7H2,1-5H3,(H,19,20)/t12-,14+,15-,16-,17-/m1/s1. The fourth-order valence-electron chi connectivity index (χ4n) is 2.76. The molecule has 0 spiro atoms. The molecule has 1 aliphatic rings. The van der Waals surface area contributed by atoms with E-state index in [1.54, 1.807) is 0 Å². The van der Waals surface area contributed by atoms with Crippen LogP contribution in [0.5, 0.6) is 0 Å². The van der Waals surface area contributed by atoms with Crippen molar-refractivity contribution in [2.24, 2.45) is 0 Å². The van der Waals surface area contributed by atoms with Crippen LogP contribution >= 0.6 is 0 Å². The molecule has 1 heterocycles. The molecule has 0 aromatic heterocycles. The predicted molar refractivity (Wildman–Crippen MR) is 96.3 cm³/mol. The summed E-state index contributed by atoms with van der Waals surface area (Å²) in [5.74, 6) is -4.23. The maximum atomic E-state index is 11.9. The molecule has 12 nitrogen and oxygen atoms in total. The van der Waals surface area contributed by atoms with Crippen LogP contribution in [0.2, 0.25) is 0 Å². The molecule has 0 aromatic carbocycles. The summed E-state index contributed by atoms with van der Waals surface area (Å²) >= 11 is 0. The summed E-state index contributed by atoms with van der Waals surface area (Å²) in [7, 11) is 1.08. The average Bonchev–Trinajstić information content (AvgIpc) is 2.63. The largest absolute Gasteiger partial charge is 0.477 e. The topological polar surface area (TPSA) is 164 Å². The van der Waals surface area contributed by atoms with Gasteiger partial charge in [-0.2, -0.15) is 0 Å². The Hall–Kier alpha value is -3.15. The molecule has 0 saturated heterocycles. The third-order valence-electron chi connectivity index (χ3n) is 3.82. The molecule has 0 unspecified atom stereocenters. The molecule has 2 N–H and O–H groups in total. The number of ether oxygens (including phenoxy) is 5. The van der Waals surface area contributed by atoms with E-state index in [0.717, 1.165) is 34.0 Å². The highest BCUT2D eigenvalue weighted by molar-refractivity contribution is 5.86. The lowest BCUT2D eigenvalue weighted by Crippen LogP contribution is -2.61. The number of rotatable bonds is 8. The third-order valence-corrected chi connectivity index (χ3v) is 3.82. The first kappa shape index (κ1) is 24.9. The highest BCUT2D eigenvalue weighted by Gasteiger charge is 2.47. The Morgan fingerprint density at radius 3 is 2.13 bits per heavy atom. The first-order chi connectivity index (χ1) is 14.0. The van der Waals surface area contributed by atoms with Crippen LogP contribution in [-0.2, 0) is 47.7 Å². The lowest BCUT2D eigenvalue weighted by Gasteiger charge is -2.40. The highest BCUT2D eigenvalue weighted by atomic mass is 16.6. The SMILES string of the molecule is COC(=O)C1=C[C@@H](O)[C@@H](NC(C)=O)[C@H]([C@H](OC(C)=O)[C@H](COC(C)=O)OC(C)=O)O1. The number of amides is 1. The van der Waals surface area contributed by atoms with Gasteiger partial charge in [0.25, 0.3) is 0 Å². The van der Waals surface area contributed by atoms with Crippen LogP contribution in [0.4, 0.5) is 0 Å². The van der Waals surface area contributed by atoms with Gasteiger partial charge in [0.1, 0.15) is 12.7 Å². The van der Waals surface area contributed by atoms with Crippen molar-refractivity contribution in [1.82, 2.24) is 5.32 Å². The summed E-state index contributed by atoms with van der Waals surface area (Å²) in [6.45, 7) is 3.91. The number of hydrogen-bond acceptors (Lipinski definition) is 11. The van der Waals surface area contributed by atoms with Gasteiger partial charge in [0.15, 0.2) is 18.3 Å². The van der Waals surface area contributed by atoms with Crippen molar-refractivity contribution in [3.8, 4) is 0 Å². The fourth-order valence-corrected chi connectivity index (χ4v) is 2.76. The molecule has 0 bridgehead atoms. The number of nitrogens with one attached hydrogen (secondary N) is 1. The monoisotopic (exact) mass is 431 g/mol. The molecule has 0 aliphatic carbocycles. The van der Waals surface area contributed by atoms with Crippen LogP contribution in [0.15, 0.2) is 11.8 Å². The first-order valence-corrected chi connectivity index (χ1v) is 8.86. The number of esters is 4. The number of methoxy groups -OCH3 is 1. The number of carbonyl (C=O) groups excluding carboxylic acids is 5. The highest BCUT2D eigenvalue weighted by Crippen LogP contribution is 2.26. The maximum Gasteiger partial charge on any atom is 0.373 e. The predicted octanol–water partition coefficient (Wildman–Crippen LogP) is -1.27. The van der Waals surface area contributed by atoms with Gasteiger partial charge in [0, 0.05) is 27.7 Å². The summed E-state index contributed by atoms with van der Waals surface area (Å²) in [6.07, 6.45) is -4.70. The molecular weight excluding hydrogens is 406 g/mol. The lowest BCUT2D eigenvalue weighted by atomic mass is 9.93. The quantitative estimate of drug-likeness (QED) is 0.348. The van der Waals surface area contributed by atoms with Crippen LogP contribution in [0, 0.1) is 0 Å². The normalized spacial score (nSPS) is 22.3. The van der Waals surface area contributed by atoms with E-state index in [-0.39, 0.29) is 0 Å². The van der Waals surface area contributed by atoms with E-state index in [2.05, 4.69) is 10.1 Å². The van der Waals surface area contributed by atoms with E-state index >= 15 is 0 Å². The molecule has 5 atom stereocenters. The van der Waals surface area contributed by atoms with Gasteiger partial charge in [-0.15, -0.1) is 0 Å². The van der Waals surface area contributed by atoms with Gasteiger partial charge >= 0.3 is 23.9 Å². The summed E-state index contributed by atoms with van der Waals surface area (Å²) in [5, 5.41) is 12.9. The van der Waals surface area contributed by atoms with E-state index < -0.39 is 72.6 Å². The van der Waals surface area contributed by atoms with Crippen molar-refractivity contribution in [1.29, 1.82) is 0 Å². The zero-order chi connectivity index (χ0) is 23.0. The first-order valence-electron chi connectivity index (χ1n) is 8.86. The molecule has 0 fully saturated rings.